The maximum atomic E-state index is 12.4. The van der Waals surface area contributed by atoms with Crippen LogP contribution in [0, 0.1) is 11.3 Å². The number of hydrogen-bond donors (Lipinski definition) is 0. The number of fused-ring (bicyclic) bond motifs is 1. The Hall–Kier alpha value is -3.14. The molecule has 0 unspecified atom stereocenters. The van der Waals surface area contributed by atoms with Gasteiger partial charge in [0.15, 0.2) is 0 Å². The summed E-state index contributed by atoms with van der Waals surface area (Å²) in [5, 5.41) is 12.8. The fourth-order valence-corrected chi connectivity index (χ4v) is 2.07. The highest BCUT2D eigenvalue weighted by Crippen LogP contribution is 2.16. The summed E-state index contributed by atoms with van der Waals surface area (Å²) in [6.07, 6.45) is 4.67. The monoisotopic (exact) mass is 287 g/mol. The predicted molar refractivity (Wildman–Crippen MR) is 82.3 cm³/mol. The zero-order valence-electron chi connectivity index (χ0n) is 11.8. The Labute approximate surface area is 128 Å². The highest BCUT2D eigenvalue weighted by Gasteiger charge is 2.15. The topological polar surface area (TPSA) is 74.3 Å². The predicted octanol–water partition coefficient (Wildman–Crippen LogP) is 0.671. The molecule has 6 nitrogen and oxygen atoms in total. The molecule has 0 N–H and O–H groups in total. The average Bonchev–Trinajstić information content (AvgIpc) is 2.94. The van der Waals surface area contributed by atoms with Crippen molar-refractivity contribution in [2.24, 2.45) is 0 Å². The van der Waals surface area contributed by atoms with Crippen molar-refractivity contribution < 1.29 is 4.79 Å². The van der Waals surface area contributed by atoms with Crippen molar-refractivity contribution in [2.75, 3.05) is 11.9 Å². The van der Waals surface area contributed by atoms with E-state index in [9.17, 15) is 4.79 Å². The minimum absolute atomic E-state index is 0.267. The Morgan fingerprint density at radius 3 is 2.86 bits per heavy atom. The normalized spacial score (nSPS) is 10.4. The highest BCUT2D eigenvalue weighted by molar-refractivity contribution is 6.36. The van der Waals surface area contributed by atoms with E-state index in [0.29, 0.717) is 16.7 Å². The molecule has 0 saturated heterocycles. The molecule has 0 spiro atoms. The van der Waals surface area contributed by atoms with Gasteiger partial charge < -0.3 is 4.90 Å². The molecule has 0 atom stereocenters. The first-order chi connectivity index (χ1) is 10.6. The van der Waals surface area contributed by atoms with Crippen molar-refractivity contribution in [1.82, 2.24) is 14.6 Å². The maximum Gasteiger partial charge on any atom is 0.276 e. The highest BCUT2D eigenvalue weighted by atomic mass is 16.2. The summed E-state index contributed by atoms with van der Waals surface area (Å²) in [5.41, 5.74) is 2.62. The number of amides is 1. The number of rotatable bonds is 2. The lowest BCUT2D eigenvalue weighted by Crippen LogP contribution is -2.27. The third-order valence-electron chi connectivity index (χ3n) is 3.34. The van der Waals surface area contributed by atoms with Crippen molar-refractivity contribution in [3.63, 3.8) is 0 Å². The van der Waals surface area contributed by atoms with Gasteiger partial charge in [-0.1, -0.05) is 5.46 Å². The van der Waals surface area contributed by atoms with Crippen LogP contribution in [0.4, 0.5) is 5.69 Å². The first-order valence-electron chi connectivity index (χ1n) is 6.47. The van der Waals surface area contributed by atoms with Crippen molar-refractivity contribution >= 4 is 30.4 Å². The number of carbonyl (C=O) groups excluding carboxylic acids is 1. The van der Waals surface area contributed by atoms with E-state index in [0.717, 1.165) is 5.52 Å². The van der Waals surface area contributed by atoms with E-state index in [2.05, 4.69) is 10.1 Å². The van der Waals surface area contributed by atoms with Crippen LogP contribution < -0.4 is 10.4 Å². The van der Waals surface area contributed by atoms with Gasteiger partial charge in [-0.15, -0.1) is 0 Å². The van der Waals surface area contributed by atoms with Crippen molar-refractivity contribution in [1.29, 1.82) is 5.26 Å². The second-order valence-electron chi connectivity index (χ2n) is 4.72. The van der Waals surface area contributed by atoms with Gasteiger partial charge in [-0.2, -0.15) is 10.4 Å². The van der Waals surface area contributed by atoms with E-state index in [1.54, 1.807) is 42.2 Å². The molecule has 0 saturated carbocycles. The van der Waals surface area contributed by atoms with Crippen LogP contribution in [0.5, 0.6) is 0 Å². The molecular weight excluding hydrogens is 277 g/mol. The van der Waals surface area contributed by atoms with E-state index in [1.165, 1.54) is 17.2 Å². The number of hydrogen-bond acceptors (Lipinski definition) is 4. The van der Waals surface area contributed by atoms with E-state index >= 15 is 0 Å². The second-order valence-corrected chi connectivity index (χ2v) is 4.72. The standard InChI is InChI=1S/C15H10BN5O/c1-20(15(22)13-3-2-10(7-17)8-18-13)11-4-5-21-14(6-11)12(16)9-19-21/h2-6,8-9H,1H3. The molecule has 0 aliphatic carbocycles. The minimum Gasteiger partial charge on any atom is -0.310 e. The van der Waals surface area contributed by atoms with Crippen molar-refractivity contribution in [2.45, 2.75) is 0 Å². The zero-order chi connectivity index (χ0) is 15.7. The Morgan fingerprint density at radius 2 is 2.18 bits per heavy atom. The summed E-state index contributed by atoms with van der Waals surface area (Å²) >= 11 is 0. The molecule has 3 aromatic heterocycles. The third kappa shape index (κ3) is 2.31. The number of carbonyl (C=O) groups is 1. The molecule has 3 aromatic rings. The SMILES string of the molecule is [B]c1cnn2ccc(N(C)C(=O)c3ccc(C#N)cn3)cc12. The van der Waals surface area contributed by atoms with Crippen LogP contribution in [-0.4, -0.2) is 35.4 Å². The summed E-state index contributed by atoms with van der Waals surface area (Å²) < 4.78 is 1.64. The molecule has 7 heteroatoms. The van der Waals surface area contributed by atoms with Gasteiger partial charge in [0.25, 0.3) is 5.91 Å². The van der Waals surface area contributed by atoms with Gasteiger partial charge in [0.2, 0.25) is 0 Å². The van der Waals surface area contributed by atoms with E-state index in [4.69, 9.17) is 13.1 Å². The zero-order valence-corrected chi connectivity index (χ0v) is 11.8. The van der Waals surface area contributed by atoms with Gasteiger partial charge in [-0.25, -0.2) is 9.50 Å². The van der Waals surface area contributed by atoms with Gasteiger partial charge in [0.05, 0.1) is 11.1 Å². The summed E-state index contributed by atoms with van der Waals surface area (Å²) in [6.45, 7) is 0. The van der Waals surface area contributed by atoms with Gasteiger partial charge in [-0.3, -0.25) is 4.79 Å². The van der Waals surface area contributed by atoms with Crippen LogP contribution in [0.2, 0.25) is 0 Å². The lowest BCUT2D eigenvalue weighted by Gasteiger charge is -2.17. The number of nitriles is 1. The third-order valence-corrected chi connectivity index (χ3v) is 3.34. The van der Waals surface area contributed by atoms with E-state index < -0.39 is 0 Å². The molecule has 0 bridgehead atoms. The summed E-state index contributed by atoms with van der Waals surface area (Å²) in [7, 11) is 7.49. The van der Waals surface area contributed by atoms with Crippen LogP contribution in [0.25, 0.3) is 5.52 Å². The fourth-order valence-electron chi connectivity index (χ4n) is 2.07. The van der Waals surface area contributed by atoms with E-state index in [-0.39, 0.29) is 11.6 Å². The quantitative estimate of drug-likeness (QED) is 0.649. The van der Waals surface area contributed by atoms with Crippen LogP contribution in [0.15, 0.2) is 42.9 Å². The molecule has 1 amide bonds. The van der Waals surface area contributed by atoms with Crippen LogP contribution in [0.1, 0.15) is 16.1 Å². The second kappa shape index (κ2) is 5.33. The lowest BCUT2D eigenvalue weighted by molar-refractivity contribution is 0.0988. The van der Waals surface area contributed by atoms with Gasteiger partial charge in [-0.05, 0) is 24.3 Å². The first-order valence-corrected chi connectivity index (χ1v) is 6.47. The Kier molecular flexibility index (Phi) is 3.35. The summed E-state index contributed by atoms with van der Waals surface area (Å²) in [5.74, 6) is -0.271. The van der Waals surface area contributed by atoms with Gasteiger partial charge in [0, 0.05) is 31.3 Å². The summed E-state index contributed by atoms with van der Waals surface area (Å²) in [4.78, 5) is 17.9. The number of nitrogens with zero attached hydrogens (tertiary/aromatic N) is 5. The van der Waals surface area contributed by atoms with Gasteiger partial charge >= 0.3 is 0 Å². The Morgan fingerprint density at radius 1 is 1.36 bits per heavy atom. The maximum absolute atomic E-state index is 12.4. The first kappa shape index (κ1) is 13.8. The molecule has 104 valence electrons. The largest absolute Gasteiger partial charge is 0.310 e. The number of pyridine rings is 2. The molecule has 0 aliphatic heterocycles. The molecule has 22 heavy (non-hydrogen) atoms. The number of aromatic nitrogens is 3. The summed E-state index contributed by atoms with van der Waals surface area (Å²) in [6, 6.07) is 8.61. The molecule has 0 fully saturated rings. The van der Waals surface area contributed by atoms with Crippen molar-refractivity contribution in [3.8, 4) is 6.07 Å². The molecule has 3 rings (SSSR count). The van der Waals surface area contributed by atoms with Crippen LogP contribution in [-0.2, 0) is 0 Å². The smallest absolute Gasteiger partial charge is 0.276 e. The van der Waals surface area contributed by atoms with Gasteiger partial charge in [0.1, 0.15) is 19.6 Å². The minimum atomic E-state index is -0.271. The molecule has 0 aromatic carbocycles. The van der Waals surface area contributed by atoms with Crippen LogP contribution >= 0.6 is 0 Å². The molecular formula is C15H10BN5O. The van der Waals surface area contributed by atoms with Crippen molar-refractivity contribution in [3.05, 3.63) is 54.1 Å². The lowest BCUT2D eigenvalue weighted by atomic mass is 9.98. The Balaban J connectivity index is 1.93. The van der Waals surface area contributed by atoms with E-state index in [1.807, 2.05) is 6.07 Å². The average molecular weight is 287 g/mol. The fraction of sp³-hybridized carbons (Fsp3) is 0.0667. The number of anilines is 1. The van der Waals surface area contributed by atoms with Crippen LogP contribution in [0.3, 0.4) is 0 Å². The molecule has 0 aliphatic rings. The molecule has 2 radical (unpaired) electrons. The molecule has 3 heterocycles. The Bertz CT molecular complexity index is 894.